The number of nitrogens with one attached hydrogen (secondary N) is 1. The Morgan fingerprint density at radius 3 is 2.40 bits per heavy atom. The molecule has 2 atom stereocenters. The van der Waals surface area contributed by atoms with E-state index in [2.05, 4.69) is 10.2 Å². The number of ether oxygens (including phenoxy) is 1. The minimum absolute atomic E-state index is 0.908. The highest BCUT2D eigenvalue weighted by molar-refractivity contribution is 4.91. The average molecular weight is 210 g/mol. The van der Waals surface area contributed by atoms with Crippen molar-refractivity contribution in [2.45, 2.75) is 12.8 Å². The van der Waals surface area contributed by atoms with Crippen molar-refractivity contribution in [1.82, 2.24) is 10.2 Å². The molecule has 0 aliphatic carbocycles. The number of hydrogen-bond acceptors (Lipinski definition) is 3. The topological polar surface area (TPSA) is 24.5 Å². The zero-order valence-electron chi connectivity index (χ0n) is 9.45. The molecule has 1 N–H and O–H groups in total. The molecule has 3 saturated heterocycles. The van der Waals surface area contributed by atoms with Crippen LogP contribution in [0.5, 0.6) is 0 Å². The fraction of sp³-hybridized carbons (Fsp3) is 1.00. The molecule has 0 aromatic carbocycles. The molecule has 0 radical (unpaired) electrons. The van der Waals surface area contributed by atoms with E-state index in [0.29, 0.717) is 0 Å². The number of likely N-dealkylation sites (tertiary alicyclic amines) is 1. The summed E-state index contributed by atoms with van der Waals surface area (Å²) in [6.07, 6.45) is 2.56. The van der Waals surface area contributed by atoms with E-state index in [0.717, 1.165) is 31.0 Å². The molecule has 3 heterocycles. The minimum Gasteiger partial charge on any atom is -0.381 e. The van der Waals surface area contributed by atoms with E-state index in [1.807, 2.05) is 0 Å². The van der Waals surface area contributed by atoms with E-state index in [4.69, 9.17) is 4.74 Å². The molecular weight excluding hydrogens is 188 g/mol. The summed E-state index contributed by atoms with van der Waals surface area (Å²) in [5.41, 5.74) is 0. The summed E-state index contributed by atoms with van der Waals surface area (Å²) in [4.78, 5) is 2.70. The summed E-state index contributed by atoms with van der Waals surface area (Å²) in [6.45, 7) is 8.52. The van der Waals surface area contributed by atoms with Crippen molar-refractivity contribution >= 4 is 0 Å². The molecule has 0 aromatic rings. The average Bonchev–Trinajstić information content (AvgIpc) is 2.79. The summed E-state index contributed by atoms with van der Waals surface area (Å²) >= 11 is 0. The molecule has 3 rings (SSSR count). The van der Waals surface area contributed by atoms with Gasteiger partial charge in [0.2, 0.25) is 0 Å². The molecule has 0 saturated carbocycles. The van der Waals surface area contributed by atoms with E-state index in [1.54, 1.807) is 0 Å². The Bertz CT molecular complexity index is 204. The van der Waals surface area contributed by atoms with Gasteiger partial charge in [0.05, 0.1) is 0 Å². The Morgan fingerprint density at radius 1 is 1.07 bits per heavy atom. The molecule has 0 amide bonds. The maximum absolute atomic E-state index is 5.41. The molecule has 0 bridgehead atoms. The monoisotopic (exact) mass is 210 g/mol. The van der Waals surface area contributed by atoms with Gasteiger partial charge in [-0.05, 0) is 43.7 Å². The van der Waals surface area contributed by atoms with Crippen LogP contribution in [-0.4, -0.2) is 50.8 Å². The van der Waals surface area contributed by atoms with E-state index < -0.39 is 0 Å². The van der Waals surface area contributed by atoms with E-state index in [1.165, 1.54) is 45.6 Å². The van der Waals surface area contributed by atoms with Crippen molar-refractivity contribution in [3.63, 3.8) is 0 Å². The number of nitrogens with zero attached hydrogens (tertiary/aromatic N) is 1. The molecule has 3 nitrogen and oxygen atoms in total. The second-order valence-electron chi connectivity index (χ2n) is 5.45. The van der Waals surface area contributed by atoms with Crippen LogP contribution in [0.2, 0.25) is 0 Å². The van der Waals surface area contributed by atoms with Crippen LogP contribution >= 0.6 is 0 Å². The minimum atomic E-state index is 0.908. The Morgan fingerprint density at radius 2 is 1.73 bits per heavy atom. The van der Waals surface area contributed by atoms with Gasteiger partial charge in [-0.2, -0.15) is 0 Å². The van der Waals surface area contributed by atoms with Crippen molar-refractivity contribution < 1.29 is 4.74 Å². The third-order valence-corrected chi connectivity index (χ3v) is 4.32. The summed E-state index contributed by atoms with van der Waals surface area (Å²) in [6, 6.07) is 0. The standard InChI is InChI=1S/C12H22N2O/c1-3-15-4-2-10(1)7-14-8-11-5-13-6-12(11)9-14/h10-13H,1-9H2. The summed E-state index contributed by atoms with van der Waals surface area (Å²) in [7, 11) is 0. The summed E-state index contributed by atoms with van der Waals surface area (Å²) in [5.74, 6) is 2.81. The zero-order valence-corrected chi connectivity index (χ0v) is 9.45. The third-order valence-electron chi connectivity index (χ3n) is 4.32. The van der Waals surface area contributed by atoms with Crippen LogP contribution in [-0.2, 0) is 4.74 Å². The first-order valence-corrected chi connectivity index (χ1v) is 6.42. The van der Waals surface area contributed by atoms with Crippen molar-refractivity contribution in [2.75, 3.05) is 45.9 Å². The predicted octanol–water partition coefficient (Wildman–Crippen LogP) is 0.564. The van der Waals surface area contributed by atoms with Crippen LogP contribution in [0.15, 0.2) is 0 Å². The molecule has 3 heteroatoms. The predicted molar refractivity (Wildman–Crippen MR) is 59.8 cm³/mol. The van der Waals surface area contributed by atoms with Crippen molar-refractivity contribution in [1.29, 1.82) is 0 Å². The maximum atomic E-state index is 5.41. The van der Waals surface area contributed by atoms with Gasteiger partial charge in [-0.1, -0.05) is 0 Å². The smallest absolute Gasteiger partial charge is 0.0469 e. The van der Waals surface area contributed by atoms with E-state index in [9.17, 15) is 0 Å². The second-order valence-corrected chi connectivity index (χ2v) is 5.45. The molecule has 15 heavy (non-hydrogen) atoms. The second kappa shape index (κ2) is 4.40. The van der Waals surface area contributed by atoms with Crippen molar-refractivity contribution in [2.24, 2.45) is 17.8 Å². The van der Waals surface area contributed by atoms with Gasteiger partial charge in [0.1, 0.15) is 0 Å². The van der Waals surface area contributed by atoms with Crippen LogP contribution in [0.1, 0.15) is 12.8 Å². The molecule has 0 aromatic heterocycles. The number of rotatable bonds is 2. The Kier molecular flexibility index (Phi) is 2.95. The lowest BCUT2D eigenvalue weighted by atomic mass is 10.00. The number of fused-ring (bicyclic) bond motifs is 1. The largest absolute Gasteiger partial charge is 0.381 e. The molecule has 2 unspecified atom stereocenters. The lowest BCUT2D eigenvalue weighted by Gasteiger charge is -2.27. The zero-order chi connectivity index (χ0) is 10.1. The van der Waals surface area contributed by atoms with Crippen LogP contribution in [0.25, 0.3) is 0 Å². The molecule has 3 fully saturated rings. The van der Waals surface area contributed by atoms with Crippen LogP contribution < -0.4 is 5.32 Å². The van der Waals surface area contributed by atoms with Gasteiger partial charge in [-0.3, -0.25) is 0 Å². The van der Waals surface area contributed by atoms with Gasteiger partial charge < -0.3 is 15.0 Å². The van der Waals surface area contributed by atoms with E-state index >= 15 is 0 Å². The SMILES string of the molecule is C1CC(CN2CC3CNCC3C2)CCO1. The Labute approximate surface area is 92.2 Å². The van der Waals surface area contributed by atoms with E-state index in [-0.39, 0.29) is 0 Å². The molecule has 3 aliphatic heterocycles. The van der Waals surface area contributed by atoms with Gasteiger partial charge in [-0.15, -0.1) is 0 Å². The van der Waals surface area contributed by atoms with Gasteiger partial charge >= 0.3 is 0 Å². The third kappa shape index (κ3) is 2.19. The molecular formula is C12H22N2O. The maximum Gasteiger partial charge on any atom is 0.0469 e. The fourth-order valence-electron chi connectivity index (χ4n) is 3.40. The van der Waals surface area contributed by atoms with Gasteiger partial charge in [0.25, 0.3) is 0 Å². The summed E-state index contributed by atoms with van der Waals surface area (Å²) in [5, 5.41) is 3.50. The first-order valence-electron chi connectivity index (χ1n) is 6.42. The quantitative estimate of drug-likeness (QED) is 0.721. The van der Waals surface area contributed by atoms with Crippen LogP contribution in [0.3, 0.4) is 0 Å². The van der Waals surface area contributed by atoms with Gasteiger partial charge in [0, 0.05) is 32.8 Å². The lowest BCUT2D eigenvalue weighted by molar-refractivity contribution is 0.0546. The molecule has 0 spiro atoms. The highest BCUT2D eigenvalue weighted by Gasteiger charge is 2.36. The van der Waals surface area contributed by atoms with Crippen LogP contribution in [0.4, 0.5) is 0 Å². The normalized spacial score (nSPS) is 38.4. The van der Waals surface area contributed by atoms with Gasteiger partial charge in [0.15, 0.2) is 0 Å². The Hall–Kier alpha value is -0.120. The molecule has 86 valence electrons. The fourth-order valence-corrected chi connectivity index (χ4v) is 3.40. The van der Waals surface area contributed by atoms with Crippen LogP contribution in [0, 0.1) is 17.8 Å². The lowest BCUT2D eigenvalue weighted by Crippen LogP contribution is -2.33. The first kappa shape index (κ1) is 10.1. The molecule has 3 aliphatic rings. The highest BCUT2D eigenvalue weighted by atomic mass is 16.5. The Balaban J connectivity index is 1.48. The first-order chi connectivity index (χ1) is 7.42. The number of hydrogen-bond donors (Lipinski definition) is 1. The highest BCUT2D eigenvalue weighted by Crippen LogP contribution is 2.28. The summed E-state index contributed by atoms with van der Waals surface area (Å²) < 4.78 is 5.41. The van der Waals surface area contributed by atoms with Crippen molar-refractivity contribution in [3.8, 4) is 0 Å². The van der Waals surface area contributed by atoms with Crippen molar-refractivity contribution in [3.05, 3.63) is 0 Å². The van der Waals surface area contributed by atoms with Gasteiger partial charge in [-0.25, -0.2) is 0 Å².